The Bertz CT molecular complexity index is 902. The smallest absolute Gasteiger partial charge is 0.273 e. The minimum absolute atomic E-state index is 0.0462. The van der Waals surface area contributed by atoms with Crippen molar-refractivity contribution in [2.75, 3.05) is 13.1 Å². The lowest BCUT2D eigenvalue weighted by Crippen LogP contribution is -2.40. The Hall–Kier alpha value is -2.47. The van der Waals surface area contributed by atoms with Crippen LogP contribution >= 0.6 is 11.3 Å². The van der Waals surface area contributed by atoms with Crippen LogP contribution in [-0.4, -0.2) is 38.4 Å². The maximum absolute atomic E-state index is 13.0. The molecular formula is C21H24N4OS. The number of rotatable bonds is 5. The number of benzene rings is 1. The summed E-state index contributed by atoms with van der Waals surface area (Å²) in [4.78, 5) is 24.1. The highest BCUT2D eigenvalue weighted by atomic mass is 32.1. The average Bonchev–Trinajstić information content (AvgIpc) is 3.37. The van der Waals surface area contributed by atoms with Gasteiger partial charge in [-0.2, -0.15) is 0 Å². The zero-order valence-electron chi connectivity index (χ0n) is 15.5. The first-order chi connectivity index (χ1) is 13.2. The number of hydrogen-bond acceptors (Lipinski definition) is 4. The van der Waals surface area contributed by atoms with Gasteiger partial charge in [-0.25, -0.2) is 9.97 Å². The van der Waals surface area contributed by atoms with Gasteiger partial charge in [-0.05, 0) is 25.3 Å². The summed E-state index contributed by atoms with van der Waals surface area (Å²) in [6.45, 7) is 4.56. The lowest BCUT2D eigenvalue weighted by molar-refractivity contribution is 0.0698. The Morgan fingerprint density at radius 3 is 2.96 bits per heavy atom. The minimum Gasteiger partial charge on any atom is -0.337 e. The molecule has 6 heteroatoms. The highest BCUT2D eigenvalue weighted by Crippen LogP contribution is 2.27. The molecule has 3 heterocycles. The second kappa shape index (κ2) is 8.05. The van der Waals surface area contributed by atoms with Crippen molar-refractivity contribution < 1.29 is 4.79 Å². The van der Waals surface area contributed by atoms with Crippen LogP contribution in [0.5, 0.6) is 0 Å². The summed E-state index contributed by atoms with van der Waals surface area (Å²) >= 11 is 1.57. The normalized spacial score (nSPS) is 17.2. The molecule has 5 nitrogen and oxygen atoms in total. The first-order valence-electron chi connectivity index (χ1n) is 9.53. The molecule has 27 heavy (non-hydrogen) atoms. The SMILES string of the molecule is CCn1ccnc1[C@H]1CCCN(C(=O)c2csc(Cc3ccccc3)n2)C1. The lowest BCUT2D eigenvalue weighted by Gasteiger charge is -2.32. The Labute approximate surface area is 163 Å². The number of carbonyl (C=O) groups excluding carboxylic acids is 1. The number of thiazole rings is 1. The predicted octanol–water partition coefficient (Wildman–Crippen LogP) is 3.97. The summed E-state index contributed by atoms with van der Waals surface area (Å²) < 4.78 is 2.18. The van der Waals surface area contributed by atoms with Crippen molar-refractivity contribution in [2.45, 2.75) is 38.6 Å². The summed E-state index contributed by atoms with van der Waals surface area (Å²) in [5.74, 6) is 1.45. The molecule has 1 atom stereocenters. The molecule has 0 saturated carbocycles. The van der Waals surface area contributed by atoms with Gasteiger partial charge in [-0.15, -0.1) is 11.3 Å². The third-order valence-electron chi connectivity index (χ3n) is 5.13. The molecule has 3 aromatic rings. The molecule has 2 aromatic heterocycles. The molecule has 0 radical (unpaired) electrons. The van der Waals surface area contributed by atoms with Crippen molar-refractivity contribution in [3.63, 3.8) is 0 Å². The van der Waals surface area contributed by atoms with E-state index in [2.05, 4.69) is 33.6 Å². The second-order valence-corrected chi connectivity index (χ2v) is 7.89. The van der Waals surface area contributed by atoms with E-state index in [1.165, 1.54) is 5.56 Å². The maximum atomic E-state index is 13.0. The number of amides is 1. The number of imidazole rings is 1. The van der Waals surface area contributed by atoms with Gasteiger partial charge >= 0.3 is 0 Å². The first-order valence-corrected chi connectivity index (χ1v) is 10.4. The van der Waals surface area contributed by atoms with E-state index in [4.69, 9.17) is 0 Å². The van der Waals surface area contributed by atoms with Crippen LogP contribution in [0.15, 0.2) is 48.1 Å². The predicted molar refractivity (Wildman–Crippen MR) is 107 cm³/mol. The van der Waals surface area contributed by atoms with Crippen molar-refractivity contribution in [1.82, 2.24) is 19.4 Å². The molecule has 1 fully saturated rings. The first kappa shape index (κ1) is 17.9. The van der Waals surface area contributed by atoms with Gasteiger partial charge in [0.05, 0.1) is 5.01 Å². The summed E-state index contributed by atoms with van der Waals surface area (Å²) in [6, 6.07) is 10.3. The third-order valence-corrected chi connectivity index (χ3v) is 5.98. The number of likely N-dealkylation sites (tertiary alicyclic amines) is 1. The molecule has 4 rings (SSSR count). The van der Waals surface area contributed by atoms with Gasteiger partial charge in [0, 0.05) is 49.7 Å². The van der Waals surface area contributed by atoms with E-state index < -0.39 is 0 Å². The van der Waals surface area contributed by atoms with Gasteiger partial charge in [0.25, 0.3) is 5.91 Å². The molecule has 140 valence electrons. The maximum Gasteiger partial charge on any atom is 0.273 e. The van der Waals surface area contributed by atoms with Crippen LogP contribution in [0.4, 0.5) is 0 Å². The fourth-order valence-electron chi connectivity index (χ4n) is 3.74. The average molecular weight is 381 g/mol. The minimum atomic E-state index is 0.0462. The zero-order chi connectivity index (χ0) is 18.6. The van der Waals surface area contributed by atoms with Crippen molar-refractivity contribution in [3.8, 4) is 0 Å². The topological polar surface area (TPSA) is 51.0 Å². The van der Waals surface area contributed by atoms with E-state index in [9.17, 15) is 4.79 Å². The highest BCUT2D eigenvalue weighted by Gasteiger charge is 2.28. The number of piperidine rings is 1. The molecule has 1 aliphatic rings. The number of aromatic nitrogens is 3. The largest absolute Gasteiger partial charge is 0.337 e. The molecule has 0 aliphatic carbocycles. The van der Waals surface area contributed by atoms with Crippen LogP contribution in [0.2, 0.25) is 0 Å². The summed E-state index contributed by atoms with van der Waals surface area (Å²) in [5.41, 5.74) is 1.79. The third kappa shape index (κ3) is 3.95. The molecule has 0 bridgehead atoms. The van der Waals surface area contributed by atoms with E-state index in [1.807, 2.05) is 40.9 Å². The van der Waals surface area contributed by atoms with Crippen molar-refractivity contribution in [2.24, 2.45) is 0 Å². The van der Waals surface area contributed by atoms with E-state index in [1.54, 1.807) is 11.3 Å². The number of nitrogens with zero attached hydrogens (tertiary/aromatic N) is 4. The summed E-state index contributed by atoms with van der Waals surface area (Å²) in [7, 11) is 0. The number of aryl methyl sites for hydroxylation is 1. The number of hydrogen-bond donors (Lipinski definition) is 0. The van der Waals surface area contributed by atoms with Gasteiger partial charge < -0.3 is 9.47 Å². The molecule has 1 aliphatic heterocycles. The van der Waals surface area contributed by atoms with Crippen molar-refractivity contribution >= 4 is 17.2 Å². The van der Waals surface area contributed by atoms with Gasteiger partial charge in [0.15, 0.2) is 0 Å². The van der Waals surface area contributed by atoms with Crippen LogP contribution < -0.4 is 0 Å². The van der Waals surface area contributed by atoms with E-state index in [0.717, 1.165) is 49.7 Å². The van der Waals surface area contributed by atoms with Gasteiger partial charge in [0.1, 0.15) is 11.5 Å². The van der Waals surface area contributed by atoms with E-state index >= 15 is 0 Å². The molecule has 0 spiro atoms. The van der Waals surface area contributed by atoms with Crippen molar-refractivity contribution in [1.29, 1.82) is 0 Å². The van der Waals surface area contributed by atoms with Crippen LogP contribution in [0.3, 0.4) is 0 Å². The quantitative estimate of drug-likeness (QED) is 0.673. The molecule has 0 N–H and O–H groups in total. The monoisotopic (exact) mass is 380 g/mol. The molecular weight excluding hydrogens is 356 g/mol. The molecule has 1 saturated heterocycles. The Kier molecular flexibility index (Phi) is 5.34. The fourth-order valence-corrected chi connectivity index (χ4v) is 4.55. The zero-order valence-corrected chi connectivity index (χ0v) is 16.4. The standard InChI is InChI=1S/C21H24N4OS/c1-2-24-12-10-22-20(24)17-9-6-11-25(14-17)21(26)18-15-27-19(23-18)13-16-7-4-3-5-8-16/h3-5,7-8,10,12,15,17H,2,6,9,11,13-14H2,1H3/t17-/m0/s1. The Morgan fingerprint density at radius 1 is 1.30 bits per heavy atom. The summed E-state index contributed by atoms with van der Waals surface area (Å²) in [6.07, 6.45) is 6.74. The highest BCUT2D eigenvalue weighted by molar-refractivity contribution is 7.09. The van der Waals surface area contributed by atoms with Gasteiger partial charge in [-0.3, -0.25) is 4.79 Å². The van der Waals surface area contributed by atoms with E-state index in [0.29, 0.717) is 11.6 Å². The van der Waals surface area contributed by atoms with Crippen LogP contribution in [-0.2, 0) is 13.0 Å². The molecule has 1 aromatic carbocycles. The molecule has 0 unspecified atom stereocenters. The molecule has 1 amide bonds. The Balaban J connectivity index is 1.45. The van der Waals surface area contributed by atoms with Crippen molar-refractivity contribution in [3.05, 3.63) is 70.2 Å². The van der Waals surface area contributed by atoms with Crippen LogP contribution in [0, 0.1) is 0 Å². The van der Waals surface area contributed by atoms with Crippen LogP contribution in [0.25, 0.3) is 0 Å². The lowest BCUT2D eigenvalue weighted by atomic mass is 9.97. The summed E-state index contributed by atoms with van der Waals surface area (Å²) in [5, 5.41) is 2.89. The number of carbonyl (C=O) groups is 1. The van der Waals surface area contributed by atoms with Gasteiger partial charge in [-0.1, -0.05) is 30.3 Å². The Morgan fingerprint density at radius 2 is 2.15 bits per heavy atom. The van der Waals surface area contributed by atoms with Gasteiger partial charge in [0.2, 0.25) is 0 Å². The second-order valence-electron chi connectivity index (χ2n) is 6.95. The van der Waals surface area contributed by atoms with Crippen LogP contribution in [0.1, 0.15) is 52.6 Å². The van der Waals surface area contributed by atoms with E-state index in [-0.39, 0.29) is 5.91 Å². The fraction of sp³-hybridized carbons (Fsp3) is 0.381.